The Bertz CT molecular complexity index is 350. The van der Waals surface area contributed by atoms with Crippen LogP contribution in [-0.2, 0) is 19.4 Å². The zero-order chi connectivity index (χ0) is 12.3. The SMILES string of the molecule is COC(=O)[C@@H](NC1CCS(=O)(=O)C1)C(C)C. The molecule has 6 heteroatoms. The third-order valence-corrected chi connectivity index (χ3v) is 4.54. The maximum Gasteiger partial charge on any atom is 0.323 e. The van der Waals surface area contributed by atoms with Gasteiger partial charge >= 0.3 is 5.97 Å². The van der Waals surface area contributed by atoms with Crippen LogP contribution in [0.4, 0.5) is 0 Å². The fourth-order valence-corrected chi connectivity index (χ4v) is 3.53. The highest BCUT2D eigenvalue weighted by Crippen LogP contribution is 2.14. The fourth-order valence-electron chi connectivity index (χ4n) is 1.84. The van der Waals surface area contributed by atoms with Crippen LogP contribution in [0.3, 0.4) is 0 Å². The van der Waals surface area contributed by atoms with Crippen molar-refractivity contribution >= 4 is 15.8 Å². The summed E-state index contributed by atoms with van der Waals surface area (Å²) in [6, 6.07) is -0.556. The van der Waals surface area contributed by atoms with Gasteiger partial charge < -0.3 is 10.1 Å². The van der Waals surface area contributed by atoms with Crippen LogP contribution in [-0.4, -0.2) is 45.1 Å². The van der Waals surface area contributed by atoms with Gasteiger partial charge in [-0.1, -0.05) is 13.8 Å². The Morgan fingerprint density at radius 3 is 2.44 bits per heavy atom. The molecule has 2 atom stereocenters. The summed E-state index contributed by atoms with van der Waals surface area (Å²) in [6.45, 7) is 3.80. The summed E-state index contributed by atoms with van der Waals surface area (Å²) in [7, 11) is -1.58. The molecule has 1 aliphatic rings. The zero-order valence-corrected chi connectivity index (χ0v) is 10.7. The second kappa shape index (κ2) is 5.14. The molecule has 5 nitrogen and oxygen atoms in total. The van der Waals surface area contributed by atoms with E-state index in [2.05, 4.69) is 10.1 Å². The lowest BCUT2D eigenvalue weighted by Crippen LogP contribution is -2.47. The first-order chi connectivity index (χ1) is 7.35. The summed E-state index contributed by atoms with van der Waals surface area (Å²) in [4.78, 5) is 11.5. The average Bonchev–Trinajstić information content (AvgIpc) is 2.53. The number of methoxy groups -OCH3 is 1. The van der Waals surface area contributed by atoms with Gasteiger partial charge in [-0.15, -0.1) is 0 Å². The van der Waals surface area contributed by atoms with E-state index in [1.165, 1.54) is 7.11 Å². The Labute approximate surface area is 96.5 Å². The van der Waals surface area contributed by atoms with Crippen LogP contribution in [0.1, 0.15) is 20.3 Å². The van der Waals surface area contributed by atoms with E-state index < -0.39 is 15.9 Å². The number of ether oxygens (including phenoxy) is 1. The Morgan fingerprint density at radius 2 is 2.06 bits per heavy atom. The van der Waals surface area contributed by atoms with Crippen LogP contribution >= 0.6 is 0 Å². The zero-order valence-electron chi connectivity index (χ0n) is 9.89. The standard InChI is InChI=1S/C10H19NO4S/c1-7(2)9(10(12)15-3)11-8-4-5-16(13,14)6-8/h7-9,11H,4-6H2,1-3H3/t8?,9-/m0/s1. The number of esters is 1. The molecule has 0 spiro atoms. The van der Waals surface area contributed by atoms with E-state index in [0.29, 0.717) is 6.42 Å². The van der Waals surface area contributed by atoms with E-state index in [4.69, 9.17) is 0 Å². The van der Waals surface area contributed by atoms with Crippen molar-refractivity contribution in [1.29, 1.82) is 0 Å². The molecule has 16 heavy (non-hydrogen) atoms. The van der Waals surface area contributed by atoms with Gasteiger partial charge in [-0.25, -0.2) is 8.42 Å². The fraction of sp³-hybridized carbons (Fsp3) is 0.900. The third-order valence-electron chi connectivity index (χ3n) is 2.77. The minimum atomic E-state index is -2.91. The number of nitrogens with one attached hydrogen (secondary N) is 1. The number of hydrogen-bond acceptors (Lipinski definition) is 5. The van der Waals surface area contributed by atoms with Gasteiger partial charge in [0.15, 0.2) is 9.84 Å². The van der Waals surface area contributed by atoms with E-state index in [9.17, 15) is 13.2 Å². The minimum absolute atomic E-state index is 0.0794. The van der Waals surface area contributed by atoms with Gasteiger partial charge in [0.2, 0.25) is 0 Å². The van der Waals surface area contributed by atoms with E-state index in [1.54, 1.807) is 0 Å². The van der Waals surface area contributed by atoms with Gasteiger partial charge in [0.25, 0.3) is 0 Å². The normalized spacial score (nSPS) is 25.6. The molecule has 0 radical (unpaired) electrons. The van der Waals surface area contributed by atoms with Gasteiger partial charge in [0, 0.05) is 6.04 Å². The maximum atomic E-state index is 11.5. The van der Waals surface area contributed by atoms with E-state index in [0.717, 1.165) is 0 Å². The van der Waals surface area contributed by atoms with Crippen LogP contribution < -0.4 is 5.32 Å². The molecule has 0 aromatic carbocycles. The van der Waals surface area contributed by atoms with E-state index >= 15 is 0 Å². The molecule has 0 bridgehead atoms. The van der Waals surface area contributed by atoms with Gasteiger partial charge in [0.1, 0.15) is 6.04 Å². The summed E-state index contributed by atoms with van der Waals surface area (Å²) in [6.07, 6.45) is 0.572. The van der Waals surface area contributed by atoms with Crippen LogP contribution in [0.15, 0.2) is 0 Å². The number of hydrogen-bond donors (Lipinski definition) is 1. The van der Waals surface area contributed by atoms with E-state index in [1.807, 2.05) is 13.8 Å². The Kier molecular flexibility index (Phi) is 4.32. The molecule has 1 N–H and O–H groups in total. The monoisotopic (exact) mass is 249 g/mol. The molecule has 0 aliphatic carbocycles. The van der Waals surface area contributed by atoms with E-state index in [-0.39, 0.29) is 29.4 Å². The third kappa shape index (κ3) is 3.45. The summed E-state index contributed by atoms with van der Waals surface area (Å²) in [5, 5.41) is 3.07. The molecule has 94 valence electrons. The van der Waals surface area contributed by atoms with Crippen LogP contribution in [0.25, 0.3) is 0 Å². The van der Waals surface area contributed by atoms with Crippen molar-refractivity contribution in [2.75, 3.05) is 18.6 Å². The number of rotatable bonds is 4. The smallest absolute Gasteiger partial charge is 0.323 e. The predicted octanol–water partition coefficient (Wildman–Crippen LogP) is -0.0393. The topological polar surface area (TPSA) is 72.5 Å². The van der Waals surface area contributed by atoms with Crippen molar-refractivity contribution in [2.45, 2.75) is 32.4 Å². The Hall–Kier alpha value is -0.620. The molecular formula is C10H19NO4S. The molecule has 0 aromatic heterocycles. The van der Waals surface area contributed by atoms with Gasteiger partial charge in [-0.05, 0) is 12.3 Å². The first kappa shape index (κ1) is 13.4. The highest BCUT2D eigenvalue weighted by molar-refractivity contribution is 7.91. The first-order valence-electron chi connectivity index (χ1n) is 5.40. The van der Waals surface area contributed by atoms with Crippen molar-refractivity contribution < 1.29 is 17.9 Å². The second-order valence-corrected chi connectivity index (χ2v) is 6.74. The lowest BCUT2D eigenvalue weighted by molar-refractivity contribution is -0.144. The lowest BCUT2D eigenvalue weighted by Gasteiger charge is -2.23. The largest absolute Gasteiger partial charge is 0.468 e. The summed E-state index contributed by atoms with van der Waals surface area (Å²) in [5.41, 5.74) is 0. The summed E-state index contributed by atoms with van der Waals surface area (Å²) in [5.74, 6) is 0.0687. The van der Waals surface area contributed by atoms with Crippen molar-refractivity contribution in [3.05, 3.63) is 0 Å². The van der Waals surface area contributed by atoms with Crippen LogP contribution in [0.2, 0.25) is 0 Å². The van der Waals surface area contributed by atoms with Gasteiger partial charge in [-0.3, -0.25) is 4.79 Å². The van der Waals surface area contributed by atoms with Crippen molar-refractivity contribution in [2.24, 2.45) is 5.92 Å². The maximum absolute atomic E-state index is 11.5. The second-order valence-electron chi connectivity index (χ2n) is 4.51. The summed E-state index contributed by atoms with van der Waals surface area (Å²) >= 11 is 0. The Balaban J connectivity index is 2.60. The molecule has 0 amide bonds. The Morgan fingerprint density at radius 1 is 1.44 bits per heavy atom. The van der Waals surface area contributed by atoms with Crippen molar-refractivity contribution in [3.63, 3.8) is 0 Å². The molecule has 0 aromatic rings. The molecule has 1 fully saturated rings. The minimum Gasteiger partial charge on any atom is -0.468 e. The molecule has 0 saturated carbocycles. The van der Waals surface area contributed by atoms with Gasteiger partial charge in [-0.2, -0.15) is 0 Å². The average molecular weight is 249 g/mol. The highest BCUT2D eigenvalue weighted by Gasteiger charge is 2.32. The number of carbonyl (C=O) groups is 1. The highest BCUT2D eigenvalue weighted by atomic mass is 32.2. The number of sulfone groups is 1. The predicted molar refractivity (Wildman–Crippen MR) is 60.8 cm³/mol. The molecule has 1 unspecified atom stereocenters. The summed E-state index contributed by atoms with van der Waals surface area (Å²) < 4.78 is 27.2. The van der Waals surface area contributed by atoms with Crippen molar-refractivity contribution in [1.82, 2.24) is 5.32 Å². The molecule has 1 heterocycles. The molecule has 1 saturated heterocycles. The molecule has 1 aliphatic heterocycles. The number of carbonyl (C=O) groups excluding carboxylic acids is 1. The quantitative estimate of drug-likeness (QED) is 0.708. The van der Waals surface area contributed by atoms with Crippen LogP contribution in [0, 0.1) is 5.92 Å². The van der Waals surface area contributed by atoms with Gasteiger partial charge in [0.05, 0.1) is 18.6 Å². The molecular weight excluding hydrogens is 230 g/mol. The molecule has 1 rings (SSSR count). The first-order valence-corrected chi connectivity index (χ1v) is 7.22. The van der Waals surface area contributed by atoms with Crippen molar-refractivity contribution in [3.8, 4) is 0 Å². The van der Waals surface area contributed by atoms with Crippen LogP contribution in [0.5, 0.6) is 0 Å². The lowest BCUT2D eigenvalue weighted by atomic mass is 10.0.